The van der Waals surface area contributed by atoms with E-state index in [1.807, 2.05) is 6.92 Å². The van der Waals surface area contributed by atoms with Crippen LogP contribution in [0.15, 0.2) is 10.7 Å². The van der Waals surface area contributed by atoms with Gasteiger partial charge in [0, 0.05) is 6.20 Å². The van der Waals surface area contributed by atoms with Crippen molar-refractivity contribution in [2.45, 2.75) is 39.5 Å². The first-order valence-corrected chi connectivity index (χ1v) is 7.92. The van der Waals surface area contributed by atoms with Gasteiger partial charge in [0.1, 0.15) is 10.7 Å². The van der Waals surface area contributed by atoms with Crippen LogP contribution in [-0.4, -0.2) is 24.2 Å². The van der Waals surface area contributed by atoms with Crippen molar-refractivity contribution in [1.29, 1.82) is 0 Å². The molecule has 0 saturated heterocycles. The van der Waals surface area contributed by atoms with Crippen LogP contribution < -0.4 is 4.74 Å². The number of nitrogens with zero attached hydrogens (tertiary/aromatic N) is 1. The molecule has 1 heterocycles. The minimum atomic E-state index is -0.497. The second kappa shape index (κ2) is 9.19. The largest absolute Gasteiger partial charge is 0.491 e. The van der Waals surface area contributed by atoms with E-state index in [0.29, 0.717) is 23.4 Å². The van der Waals surface area contributed by atoms with Gasteiger partial charge in [-0.1, -0.05) is 38.3 Å². The number of unbranched alkanes of at least 4 members (excludes halogenated alkanes) is 2. The highest BCUT2D eigenvalue weighted by Gasteiger charge is 2.22. The maximum Gasteiger partial charge on any atom is 0.345 e. The Morgan fingerprint density at radius 1 is 1.30 bits per heavy atom. The molecule has 0 amide bonds. The summed E-state index contributed by atoms with van der Waals surface area (Å²) in [6, 6.07) is 0. The lowest BCUT2D eigenvalue weighted by molar-refractivity contribution is 0.0494. The number of carbonyl (C=O) groups excluding carboxylic acids is 1. The Morgan fingerprint density at radius 3 is 2.60 bits per heavy atom. The number of rotatable bonds is 8. The van der Waals surface area contributed by atoms with E-state index in [1.165, 1.54) is 6.20 Å². The molecule has 20 heavy (non-hydrogen) atoms. The molecule has 0 radical (unpaired) electrons. The standard InChI is InChI=1S/C14H19BrClNO3/c1-3-5-7-19-12-10(15)9-17-13(16)11(12)14(18)20-8-6-4-2/h9H,3-8H2,1-2H3. The summed E-state index contributed by atoms with van der Waals surface area (Å²) in [5.41, 5.74) is 0.188. The lowest BCUT2D eigenvalue weighted by Gasteiger charge is -2.13. The molecule has 0 atom stereocenters. The van der Waals surface area contributed by atoms with Crippen molar-refractivity contribution in [2.75, 3.05) is 13.2 Å². The van der Waals surface area contributed by atoms with Crippen LogP contribution in [0.4, 0.5) is 0 Å². The Balaban J connectivity index is 2.90. The lowest BCUT2D eigenvalue weighted by atomic mass is 10.2. The van der Waals surface area contributed by atoms with Crippen molar-refractivity contribution in [3.8, 4) is 5.75 Å². The average Bonchev–Trinajstić information content (AvgIpc) is 2.43. The van der Waals surface area contributed by atoms with Crippen molar-refractivity contribution in [1.82, 2.24) is 4.98 Å². The van der Waals surface area contributed by atoms with E-state index in [4.69, 9.17) is 21.1 Å². The second-order valence-corrected chi connectivity index (χ2v) is 5.50. The number of hydrogen-bond acceptors (Lipinski definition) is 4. The predicted octanol–water partition coefficient (Wildman–Crippen LogP) is 4.63. The first-order valence-electron chi connectivity index (χ1n) is 6.75. The zero-order chi connectivity index (χ0) is 15.0. The molecule has 0 spiro atoms. The van der Waals surface area contributed by atoms with Crippen LogP contribution in [0.2, 0.25) is 5.15 Å². The zero-order valence-corrected chi connectivity index (χ0v) is 14.1. The molecule has 0 aliphatic carbocycles. The molecule has 6 heteroatoms. The van der Waals surface area contributed by atoms with Crippen LogP contribution in [-0.2, 0) is 4.74 Å². The van der Waals surface area contributed by atoms with Gasteiger partial charge in [-0.3, -0.25) is 0 Å². The van der Waals surface area contributed by atoms with Crippen molar-refractivity contribution in [3.05, 3.63) is 21.4 Å². The van der Waals surface area contributed by atoms with Crippen LogP contribution in [0.25, 0.3) is 0 Å². The van der Waals surface area contributed by atoms with Crippen molar-refractivity contribution < 1.29 is 14.3 Å². The molecular formula is C14H19BrClNO3. The number of aromatic nitrogens is 1. The van der Waals surface area contributed by atoms with Crippen LogP contribution >= 0.6 is 27.5 Å². The van der Waals surface area contributed by atoms with Gasteiger partial charge in [-0.05, 0) is 28.8 Å². The molecule has 0 aliphatic rings. The fourth-order valence-electron chi connectivity index (χ4n) is 1.47. The van der Waals surface area contributed by atoms with E-state index in [0.717, 1.165) is 25.7 Å². The topological polar surface area (TPSA) is 48.4 Å². The summed E-state index contributed by atoms with van der Waals surface area (Å²) in [6.07, 6.45) is 5.20. The fourth-order valence-corrected chi connectivity index (χ4v) is 2.09. The smallest absolute Gasteiger partial charge is 0.345 e. The van der Waals surface area contributed by atoms with Gasteiger partial charge in [0.05, 0.1) is 17.7 Å². The summed E-state index contributed by atoms with van der Waals surface area (Å²) in [5.74, 6) is -0.0938. The minimum absolute atomic E-state index is 0.0983. The molecule has 1 rings (SSSR count). The third-order valence-corrected chi connectivity index (χ3v) is 3.47. The maximum atomic E-state index is 12.1. The van der Waals surface area contributed by atoms with Crippen LogP contribution in [0.1, 0.15) is 49.9 Å². The third-order valence-electron chi connectivity index (χ3n) is 2.62. The van der Waals surface area contributed by atoms with Gasteiger partial charge in [0.25, 0.3) is 0 Å². The summed E-state index contributed by atoms with van der Waals surface area (Å²) in [6.45, 7) is 4.98. The summed E-state index contributed by atoms with van der Waals surface area (Å²) >= 11 is 9.34. The Morgan fingerprint density at radius 2 is 1.95 bits per heavy atom. The van der Waals surface area contributed by atoms with Crippen molar-refractivity contribution >= 4 is 33.5 Å². The SMILES string of the molecule is CCCCOC(=O)c1c(Cl)ncc(Br)c1OCCCC. The van der Waals surface area contributed by atoms with Crippen LogP contribution in [0.3, 0.4) is 0 Å². The number of halogens is 2. The average molecular weight is 365 g/mol. The van der Waals surface area contributed by atoms with Gasteiger partial charge in [0.15, 0.2) is 5.75 Å². The third kappa shape index (κ3) is 4.94. The predicted molar refractivity (Wildman–Crippen MR) is 82.5 cm³/mol. The van der Waals surface area contributed by atoms with E-state index in [2.05, 4.69) is 27.8 Å². The number of esters is 1. The van der Waals surface area contributed by atoms with E-state index in [1.54, 1.807) is 0 Å². The molecule has 0 bridgehead atoms. The molecule has 0 N–H and O–H groups in total. The fraction of sp³-hybridized carbons (Fsp3) is 0.571. The quantitative estimate of drug-likeness (QED) is 0.383. The highest BCUT2D eigenvalue weighted by Crippen LogP contribution is 2.33. The summed E-state index contributed by atoms with van der Waals surface area (Å²) in [7, 11) is 0. The molecule has 0 saturated carbocycles. The van der Waals surface area contributed by atoms with Gasteiger partial charge in [-0.25, -0.2) is 9.78 Å². The first kappa shape index (κ1) is 17.2. The van der Waals surface area contributed by atoms with Gasteiger partial charge in [0.2, 0.25) is 0 Å². The van der Waals surface area contributed by atoms with E-state index in [-0.39, 0.29) is 10.7 Å². The Hall–Kier alpha value is -0.810. The van der Waals surface area contributed by atoms with Gasteiger partial charge >= 0.3 is 5.97 Å². The summed E-state index contributed by atoms with van der Waals surface area (Å²) in [4.78, 5) is 16.1. The maximum absolute atomic E-state index is 12.1. The number of carbonyl (C=O) groups is 1. The second-order valence-electron chi connectivity index (χ2n) is 4.29. The molecular weight excluding hydrogens is 346 g/mol. The zero-order valence-electron chi connectivity index (χ0n) is 11.7. The summed E-state index contributed by atoms with van der Waals surface area (Å²) < 4.78 is 11.4. The Kier molecular flexibility index (Phi) is 7.92. The number of ether oxygens (including phenoxy) is 2. The van der Waals surface area contributed by atoms with Crippen molar-refractivity contribution in [3.63, 3.8) is 0 Å². The molecule has 0 aromatic carbocycles. The van der Waals surface area contributed by atoms with E-state index >= 15 is 0 Å². The highest BCUT2D eigenvalue weighted by atomic mass is 79.9. The molecule has 1 aromatic heterocycles. The van der Waals surface area contributed by atoms with Crippen LogP contribution in [0.5, 0.6) is 5.75 Å². The van der Waals surface area contributed by atoms with E-state index in [9.17, 15) is 4.79 Å². The highest BCUT2D eigenvalue weighted by molar-refractivity contribution is 9.10. The molecule has 4 nitrogen and oxygen atoms in total. The molecule has 0 fully saturated rings. The number of pyridine rings is 1. The summed E-state index contributed by atoms with van der Waals surface area (Å²) in [5, 5.41) is 0.0983. The molecule has 0 unspecified atom stereocenters. The van der Waals surface area contributed by atoms with Crippen LogP contribution in [0, 0.1) is 0 Å². The number of hydrogen-bond donors (Lipinski definition) is 0. The monoisotopic (exact) mass is 363 g/mol. The van der Waals surface area contributed by atoms with Gasteiger partial charge in [-0.15, -0.1) is 0 Å². The molecule has 0 aliphatic heterocycles. The first-order chi connectivity index (χ1) is 9.61. The van der Waals surface area contributed by atoms with E-state index < -0.39 is 5.97 Å². The normalized spacial score (nSPS) is 10.4. The minimum Gasteiger partial charge on any atom is -0.491 e. The molecule has 1 aromatic rings. The molecule has 112 valence electrons. The van der Waals surface area contributed by atoms with Crippen molar-refractivity contribution in [2.24, 2.45) is 0 Å². The Bertz CT molecular complexity index is 454. The van der Waals surface area contributed by atoms with Gasteiger partial charge < -0.3 is 9.47 Å². The Labute approximate surface area is 132 Å². The van der Waals surface area contributed by atoms with Gasteiger partial charge in [-0.2, -0.15) is 0 Å². The lowest BCUT2D eigenvalue weighted by Crippen LogP contribution is -2.11.